The molecule has 2 aromatic heterocycles. The van der Waals surface area contributed by atoms with Gasteiger partial charge in [-0.3, -0.25) is 0 Å². The average molecular weight is 170 g/mol. The summed E-state index contributed by atoms with van der Waals surface area (Å²) in [6.45, 7) is 2.03. The van der Waals surface area contributed by atoms with Gasteiger partial charge in [-0.25, -0.2) is 4.98 Å². The van der Waals surface area contributed by atoms with Gasteiger partial charge in [0.05, 0.1) is 0 Å². The van der Waals surface area contributed by atoms with E-state index >= 15 is 0 Å². The van der Waals surface area contributed by atoms with E-state index in [0.29, 0.717) is 0 Å². The molecule has 64 valence electrons. The van der Waals surface area contributed by atoms with Crippen LogP contribution in [0.5, 0.6) is 0 Å². The zero-order chi connectivity index (χ0) is 9.10. The second-order valence-corrected chi connectivity index (χ2v) is 2.75. The first-order valence-corrected chi connectivity index (χ1v) is 4.33. The van der Waals surface area contributed by atoms with Gasteiger partial charge in [0.15, 0.2) is 0 Å². The van der Waals surface area contributed by atoms with E-state index in [9.17, 15) is 0 Å². The quantitative estimate of drug-likeness (QED) is 0.553. The van der Waals surface area contributed by atoms with Gasteiger partial charge in [0, 0.05) is 18.8 Å². The maximum atomic E-state index is 4.34. The van der Waals surface area contributed by atoms with Gasteiger partial charge in [-0.1, -0.05) is 18.9 Å². The first-order chi connectivity index (χ1) is 6.40. The summed E-state index contributed by atoms with van der Waals surface area (Å²) >= 11 is 0. The third-order valence-corrected chi connectivity index (χ3v) is 1.76. The molecule has 0 aliphatic rings. The fourth-order valence-electron chi connectivity index (χ4n) is 1.17. The number of pyridine rings is 1. The Bertz CT molecular complexity index is 438. The lowest BCUT2D eigenvalue weighted by Crippen LogP contribution is -1.77. The molecule has 2 heteroatoms. The minimum absolute atomic E-state index is 0.841. The molecule has 0 radical (unpaired) electrons. The molecule has 2 rings (SSSR count). The molecule has 0 atom stereocenters. The van der Waals surface area contributed by atoms with Crippen molar-refractivity contribution in [3.05, 3.63) is 36.3 Å². The Morgan fingerprint density at radius 1 is 1.46 bits per heavy atom. The molecule has 0 aliphatic carbocycles. The van der Waals surface area contributed by atoms with Crippen molar-refractivity contribution < 1.29 is 0 Å². The maximum absolute atomic E-state index is 4.34. The molecule has 2 nitrogen and oxygen atoms in total. The first kappa shape index (κ1) is 7.88. The average Bonchev–Trinajstić information content (AvgIpc) is 2.57. The van der Waals surface area contributed by atoms with Gasteiger partial charge in [-0.15, -0.1) is 0 Å². The lowest BCUT2D eigenvalue weighted by molar-refractivity contribution is 1.19. The molecular formula is C11H10N2. The predicted molar refractivity (Wildman–Crippen MR) is 52.4 cm³/mol. The molecule has 13 heavy (non-hydrogen) atoms. The van der Waals surface area contributed by atoms with Crippen LogP contribution in [-0.2, 0) is 0 Å². The Hall–Kier alpha value is -1.75. The van der Waals surface area contributed by atoms with Crippen LogP contribution in [0.15, 0.2) is 30.6 Å². The van der Waals surface area contributed by atoms with E-state index in [1.807, 2.05) is 41.9 Å². The number of rotatable bonds is 0. The summed E-state index contributed by atoms with van der Waals surface area (Å²) in [7, 11) is 0. The molecule has 0 saturated heterocycles. The van der Waals surface area contributed by atoms with Crippen LogP contribution < -0.4 is 0 Å². The summed E-state index contributed by atoms with van der Waals surface area (Å²) < 4.78 is 1.97. The SMILES string of the molecule is CCC#Cc1cn2ccccc2n1. The predicted octanol–water partition coefficient (Wildman–Crippen LogP) is 2.10. The van der Waals surface area contributed by atoms with Crippen molar-refractivity contribution in [1.29, 1.82) is 0 Å². The molecule has 0 saturated carbocycles. The monoisotopic (exact) mass is 170 g/mol. The summed E-state index contributed by atoms with van der Waals surface area (Å²) in [6, 6.07) is 5.92. The fourth-order valence-corrected chi connectivity index (χ4v) is 1.17. The number of aromatic nitrogens is 2. The van der Waals surface area contributed by atoms with Crippen LogP contribution in [0.2, 0.25) is 0 Å². The van der Waals surface area contributed by atoms with E-state index in [1.165, 1.54) is 0 Å². The van der Waals surface area contributed by atoms with Gasteiger partial charge in [0.2, 0.25) is 0 Å². The smallest absolute Gasteiger partial charge is 0.138 e. The lowest BCUT2D eigenvalue weighted by atomic mass is 10.4. The Kier molecular flexibility index (Phi) is 2.01. The molecule has 2 aromatic rings. The highest BCUT2D eigenvalue weighted by molar-refractivity contribution is 5.43. The highest BCUT2D eigenvalue weighted by atomic mass is 15.0. The molecule has 0 aromatic carbocycles. The number of fused-ring (bicyclic) bond motifs is 1. The van der Waals surface area contributed by atoms with Crippen LogP contribution in [0.3, 0.4) is 0 Å². The van der Waals surface area contributed by atoms with Crippen molar-refractivity contribution >= 4 is 5.65 Å². The van der Waals surface area contributed by atoms with Crippen LogP contribution in [-0.4, -0.2) is 9.38 Å². The van der Waals surface area contributed by atoms with Crippen LogP contribution in [0.1, 0.15) is 19.0 Å². The van der Waals surface area contributed by atoms with Crippen molar-refractivity contribution in [1.82, 2.24) is 9.38 Å². The first-order valence-electron chi connectivity index (χ1n) is 4.33. The van der Waals surface area contributed by atoms with E-state index in [2.05, 4.69) is 16.8 Å². The number of hydrogen-bond acceptors (Lipinski definition) is 1. The minimum atomic E-state index is 0.841. The molecule has 0 N–H and O–H groups in total. The van der Waals surface area contributed by atoms with Crippen molar-refractivity contribution in [3.63, 3.8) is 0 Å². The summed E-state index contributed by atoms with van der Waals surface area (Å²) in [5, 5.41) is 0. The number of imidazole rings is 1. The van der Waals surface area contributed by atoms with Crippen LogP contribution in [0.25, 0.3) is 5.65 Å². The molecule has 0 unspecified atom stereocenters. The largest absolute Gasteiger partial charge is 0.306 e. The molecule has 0 bridgehead atoms. The van der Waals surface area contributed by atoms with E-state index in [0.717, 1.165) is 17.8 Å². The van der Waals surface area contributed by atoms with Gasteiger partial charge >= 0.3 is 0 Å². The second kappa shape index (κ2) is 3.32. The van der Waals surface area contributed by atoms with Gasteiger partial charge < -0.3 is 4.40 Å². The minimum Gasteiger partial charge on any atom is -0.306 e. The molecule has 0 aliphatic heterocycles. The zero-order valence-corrected chi connectivity index (χ0v) is 7.49. The molecule has 0 fully saturated rings. The van der Waals surface area contributed by atoms with E-state index in [-0.39, 0.29) is 0 Å². The van der Waals surface area contributed by atoms with E-state index < -0.39 is 0 Å². The Morgan fingerprint density at radius 3 is 3.15 bits per heavy atom. The summed E-state index contributed by atoms with van der Waals surface area (Å²) in [5.41, 5.74) is 1.79. The van der Waals surface area contributed by atoms with Crippen molar-refractivity contribution in [2.45, 2.75) is 13.3 Å². The van der Waals surface area contributed by atoms with Crippen molar-refractivity contribution in [2.75, 3.05) is 0 Å². The van der Waals surface area contributed by atoms with Crippen LogP contribution in [0, 0.1) is 11.8 Å². The Labute approximate surface area is 77.2 Å². The van der Waals surface area contributed by atoms with Gasteiger partial charge in [-0.05, 0) is 18.1 Å². The summed E-state index contributed by atoms with van der Waals surface area (Å²) in [5.74, 6) is 6.00. The Balaban J connectivity index is 2.50. The number of nitrogens with zero attached hydrogens (tertiary/aromatic N) is 2. The molecule has 0 spiro atoms. The van der Waals surface area contributed by atoms with E-state index in [1.54, 1.807) is 0 Å². The third-order valence-electron chi connectivity index (χ3n) is 1.76. The second-order valence-electron chi connectivity index (χ2n) is 2.75. The highest BCUT2D eigenvalue weighted by Gasteiger charge is 1.95. The highest BCUT2D eigenvalue weighted by Crippen LogP contribution is 2.02. The van der Waals surface area contributed by atoms with Crippen molar-refractivity contribution in [3.8, 4) is 11.8 Å². The summed E-state index contributed by atoms with van der Waals surface area (Å²) in [4.78, 5) is 4.34. The van der Waals surface area contributed by atoms with Crippen LogP contribution in [0.4, 0.5) is 0 Å². The van der Waals surface area contributed by atoms with E-state index in [4.69, 9.17) is 0 Å². The fraction of sp³-hybridized carbons (Fsp3) is 0.182. The standard InChI is InChI=1S/C11H10N2/c1-2-3-6-10-9-13-8-5-4-7-11(13)12-10/h4-5,7-9H,2H2,1H3. The van der Waals surface area contributed by atoms with Crippen LogP contribution >= 0.6 is 0 Å². The third kappa shape index (κ3) is 1.54. The van der Waals surface area contributed by atoms with Gasteiger partial charge in [0.25, 0.3) is 0 Å². The molecule has 0 amide bonds. The number of hydrogen-bond donors (Lipinski definition) is 0. The lowest BCUT2D eigenvalue weighted by Gasteiger charge is -1.86. The van der Waals surface area contributed by atoms with Crippen molar-refractivity contribution in [2.24, 2.45) is 0 Å². The maximum Gasteiger partial charge on any atom is 0.138 e. The summed E-state index contributed by atoms with van der Waals surface area (Å²) in [6.07, 6.45) is 4.78. The topological polar surface area (TPSA) is 17.3 Å². The Morgan fingerprint density at radius 2 is 2.38 bits per heavy atom. The van der Waals surface area contributed by atoms with Gasteiger partial charge in [-0.2, -0.15) is 0 Å². The zero-order valence-electron chi connectivity index (χ0n) is 7.49. The molecular weight excluding hydrogens is 160 g/mol. The molecule has 2 heterocycles. The van der Waals surface area contributed by atoms with Gasteiger partial charge in [0.1, 0.15) is 11.3 Å². The normalized spacial score (nSPS) is 9.62.